The molecule has 0 aliphatic carbocycles. The SMILES string of the molecule is CCc1cccc(CC)c1NC(=O)CSc1nnc(-c2ccc(C)c(C)c2)o1. The summed E-state index contributed by atoms with van der Waals surface area (Å²) in [6.45, 7) is 8.29. The maximum Gasteiger partial charge on any atom is 0.277 e. The minimum atomic E-state index is -0.0773. The number of nitrogens with one attached hydrogen (secondary N) is 1. The van der Waals surface area contributed by atoms with Gasteiger partial charge in [0.25, 0.3) is 5.22 Å². The van der Waals surface area contributed by atoms with Crippen LogP contribution in [0.4, 0.5) is 5.69 Å². The molecule has 0 aliphatic rings. The number of anilines is 1. The zero-order valence-corrected chi connectivity index (χ0v) is 17.5. The summed E-state index contributed by atoms with van der Waals surface area (Å²) in [5, 5.41) is 11.6. The number of carbonyl (C=O) groups is 1. The molecule has 0 unspecified atom stereocenters. The van der Waals surface area contributed by atoms with Gasteiger partial charge in [-0.2, -0.15) is 0 Å². The summed E-state index contributed by atoms with van der Waals surface area (Å²) in [5.41, 5.74) is 6.50. The van der Waals surface area contributed by atoms with E-state index in [2.05, 4.69) is 48.4 Å². The molecule has 1 aromatic heterocycles. The second-order valence-electron chi connectivity index (χ2n) is 6.67. The zero-order chi connectivity index (χ0) is 20.1. The van der Waals surface area contributed by atoms with Crippen molar-refractivity contribution in [1.82, 2.24) is 10.2 Å². The third-order valence-corrected chi connectivity index (χ3v) is 5.57. The van der Waals surface area contributed by atoms with Gasteiger partial charge in [0.2, 0.25) is 11.8 Å². The highest BCUT2D eigenvalue weighted by Gasteiger charge is 2.14. The van der Waals surface area contributed by atoms with Crippen molar-refractivity contribution in [3.05, 3.63) is 58.7 Å². The van der Waals surface area contributed by atoms with E-state index in [1.54, 1.807) is 0 Å². The van der Waals surface area contributed by atoms with Crippen molar-refractivity contribution in [2.75, 3.05) is 11.1 Å². The number of thioether (sulfide) groups is 1. The average Bonchev–Trinajstić information content (AvgIpc) is 3.17. The first kappa shape index (κ1) is 20.1. The number of carbonyl (C=O) groups excluding carboxylic acids is 1. The Morgan fingerprint density at radius 1 is 1.04 bits per heavy atom. The van der Waals surface area contributed by atoms with Gasteiger partial charge in [0, 0.05) is 11.3 Å². The maximum absolute atomic E-state index is 12.5. The molecule has 0 radical (unpaired) electrons. The second-order valence-corrected chi connectivity index (χ2v) is 7.59. The molecule has 0 saturated carbocycles. The third kappa shape index (κ3) is 4.62. The molecule has 5 nitrogen and oxygen atoms in total. The van der Waals surface area contributed by atoms with Crippen LogP contribution < -0.4 is 5.32 Å². The highest BCUT2D eigenvalue weighted by Crippen LogP contribution is 2.26. The number of hydrogen-bond donors (Lipinski definition) is 1. The van der Waals surface area contributed by atoms with Gasteiger partial charge in [-0.1, -0.05) is 49.9 Å². The predicted molar refractivity (Wildman–Crippen MR) is 114 cm³/mol. The van der Waals surface area contributed by atoms with Crippen molar-refractivity contribution >= 4 is 23.4 Å². The van der Waals surface area contributed by atoms with Gasteiger partial charge in [-0.25, -0.2) is 0 Å². The van der Waals surface area contributed by atoms with E-state index >= 15 is 0 Å². The monoisotopic (exact) mass is 395 g/mol. The topological polar surface area (TPSA) is 68.0 Å². The third-order valence-electron chi connectivity index (χ3n) is 4.75. The number of amides is 1. The summed E-state index contributed by atoms with van der Waals surface area (Å²) in [6, 6.07) is 12.2. The van der Waals surface area contributed by atoms with Crippen LogP contribution in [0.3, 0.4) is 0 Å². The fourth-order valence-electron chi connectivity index (χ4n) is 2.97. The van der Waals surface area contributed by atoms with Crippen LogP contribution in [0.5, 0.6) is 0 Å². The predicted octanol–water partition coefficient (Wildman–Crippen LogP) is 5.21. The number of benzene rings is 2. The first-order valence-corrected chi connectivity index (χ1v) is 10.4. The Balaban J connectivity index is 1.64. The number of hydrogen-bond acceptors (Lipinski definition) is 5. The number of para-hydroxylation sites is 1. The lowest BCUT2D eigenvalue weighted by molar-refractivity contribution is -0.113. The van der Waals surface area contributed by atoms with Crippen molar-refractivity contribution in [2.24, 2.45) is 0 Å². The molecule has 0 fully saturated rings. The number of nitrogens with zero attached hydrogens (tertiary/aromatic N) is 2. The van der Waals surface area contributed by atoms with Crippen molar-refractivity contribution in [2.45, 2.75) is 45.8 Å². The maximum atomic E-state index is 12.5. The van der Waals surface area contributed by atoms with Gasteiger partial charge in [0.15, 0.2) is 0 Å². The highest BCUT2D eigenvalue weighted by molar-refractivity contribution is 7.99. The van der Waals surface area contributed by atoms with Crippen LogP contribution >= 0.6 is 11.8 Å². The van der Waals surface area contributed by atoms with Crippen LogP contribution in [-0.2, 0) is 17.6 Å². The molecule has 2 aromatic carbocycles. The first-order valence-electron chi connectivity index (χ1n) is 9.46. The first-order chi connectivity index (χ1) is 13.5. The van der Waals surface area contributed by atoms with E-state index in [1.807, 2.05) is 31.2 Å². The van der Waals surface area contributed by atoms with Crippen molar-refractivity contribution in [1.29, 1.82) is 0 Å². The van der Waals surface area contributed by atoms with Crippen LogP contribution in [0.1, 0.15) is 36.1 Å². The second kappa shape index (κ2) is 9.06. The Morgan fingerprint density at radius 3 is 2.39 bits per heavy atom. The van der Waals surface area contributed by atoms with Gasteiger partial charge in [-0.05, 0) is 61.1 Å². The summed E-state index contributed by atoms with van der Waals surface area (Å²) in [5.74, 6) is 0.609. The van der Waals surface area contributed by atoms with Crippen LogP contribution in [0.2, 0.25) is 0 Å². The molecule has 0 saturated heterocycles. The van der Waals surface area contributed by atoms with Crippen LogP contribution in [0.15, 0.2) is 46.0 Å². The molecular formula is C22H25N3O2S. The van der Waals surface area contributed by atoms with Gasteiger partial charge in [-0.3, -0.25) is 4.79 Å². The normalized spacial score (nSPS) is 10.9. The molecule has 1 heterocycles. The van der Waals surface area contributed by atoms with Gasteiger partial charge in [-0.15, -0.1) is 10.2 Å². The van der Waals surface area contributed by atoms with Crippen LogP contribution in [0, 0.1) is 13.8 Å². The van der Waals surface area contributed by atoms with E-state index in [9.17, 15) is 4.79 Å². The van der Waals surface area contributed by atoms with Gasteiger partial charge in [0.05, 0.1) is 5.75 Å². The fraction of sp³-hybridized carbons (Fsp3) is 0.318. The molecule has 0 aliphatic heterocycles. The quantitative estimate of drug-likeness (QED) is 0.556. The molecule has 0 bridgehead atoms. The molecule has 6 heteroatoms. The lowest BCUT2D eigenvalue weighted by Crippen LogP contribution is -2.16. The van der Waals surface area contributed by atoms with E-state index in [1.165, 1.54) is 22.9 Å². The lowest BCUT2D eigenvalue weighted by atomic mass is 10.0. The van der Waals surface area contributed by atoms with E-state index in [0.717, 1.165) is 35.2 Å². The summed E-state index contributed by atoms with van der Waals surface area (Å²) in [4.78, 5) is 12.5. The van der Waals surface area contributed by atoms with E-state index < -0.39 is 0 Å². The summed E-state index contributed by atoms with van der Waals surface area (Å²) in [6.07, 6.45) is 1.75. The Kier molecular flexibility index (Phi) is 6.52. The molecule has 3 aromatic rings. The Labute approximate surface area is 170 Å². The zero-order valence-electron chi connectivity index (χ0n) is 16.7. The molecule has 0 spiro atoms. The smallest absolute Gasteiger partial charge is 0.277 e. The fourth-order valence-corrected chi connectivity index (χ4v) is 3.53. The largest absolute Gasteiger partial charge is 0.411 e. The van der Waals surface area contributed by atoms with Crippen molar-refractivity contribution in [3.8, 4) is 11.5 Å². The molecule has 1 amide bonds. The van der Waals surface area contributed by atoms with Gasteiger partial charge in [0.1, 0.15) is 0 Å². The number of rotatable bonds is 7. The number of aromatic nitrogens is 2. The molecule has 28 heavy (non-hydrogen) atoms. The standard InChI is InChI=1S/C22H25N3O2S/c1-5-16-8-7-9-17(6-2)20(16)23-19(26)13-28-22-25-24-21(27-22)18-11-10-14(3)15(4)12-18/h7-12H,5-6,13H2,1-4H3,(H,23,26). The Hall–Kier alpha value is -2.60. The molecular weight excluding hydrogens is 370 g/mol. The Bertz CT molecular complexity index is 959. The van der Waals surface area contributed by atoms with Crippen molar-refractivity contribution < 1.29 is 9.21 Å². The summed E-state index contributed by atoms with van der Waals surface area (Å²) < 4.78 is 5.72. The van der Waals surface area contributed by atoms with E-state index in [-0.39, 0.29) is 11.7 Å². The average molecular weight is 396 g/mol. The Morgan fingerprint density at radius 2 is 1.75 bits per heavy atom. The lowest BCUT2D eigenvalue weighted by Gasteiger charge is -2.14. The van der Waals surface area contributed by atoms with Crippen LogP contribution in [-0.4, -0.2) is 21.9 Å². The van der Waals surface area contributed by atoms with Gasteiger partial charge >= 0.3 is 0 Å². The molecule has 0 atom stereocenters. The number of aryl methyl sites for hydroxylation is 4. The van der Waals surface area contributed by atoms with Crippen LogP contribution in [0.25, 0.3) is 11.5 Å². The van der Waals surface area contributed by atoms with Gasteiger partial charge < -0.3 is 9.73 Å². The van der Waals surface area contributed by atoms with E-state index in [0.29, 0.717) is 11.1 Å². The summed E-state index contributed by atoms with van der Waals surface area (Å²) >= 11 is 1.25. The summed E-state index contributed by atoms with van der Waals surface area (Å²) in [7, 11) is 0. The minimum absolute atomic E-state index is 0.0773. The highest BCUT2D eigenvalue weighted by atomic mass is 32.2. The molecule has 146 valence electrons. The molecule has 3 rings (SSSR count). The molecule has 1 N–H and O–H groups in total. The minimum Gasteiger partial charge on any atom is -0.411 e. The van der Waals surface area contributed by atoms with Crippen molar-refractivity contribution in [3.63, 3.8) is 0 Å². The van der Waals surface area contributed by atoms with E-state index in [4.69, 9.17) is 4.42 Å².